The van der Waals surface area contributed by atoms with Gasteiger partial charge in [0.15, 0.2) is 0 Å². The monoisotopic (exact) mass is 459 g/mol. The third-order valence-electron chi connectivity index (χ3n) is 3.98. The molecule has 0 aliphatic carbocycles. The van der Waals surface area contributed by atoms with Gasteiger partial charge in [0.05, 0.1) is 14.4 Å². The molecule has 0 saturated heterocycles. The highest BCUT2D eigenvalue weighted by Gasteiger charge is 2.11. The van der Waals surface area contributed by atoms with Crippen LogP contribution in [-0.2, 0) is 18.0 Å². The van der Waals surface area contributed by atoms with Crippen LogP contribution in [0.3, 0.4) is 0 Å². The Kier molecular flexibility index (Phi) is 11.1. The number of allylic oxidation sites excluding steroid dienone is 5. The van der Waals surface area contributed by atoms with Crippen LogP contribution in [0.1, 0.15) is 52.0 Å². The molecule has 0 aromatic heterocycles. The average Bonchev–Trinajstić information content (AvgIpc) is 2.58. The highest BCUT2D eigenvalue weighted by Crippen LogP contribution is 2.50. The predicted molar refractivity (Wildman–Crippen MR) is 108 cm³/mol. The van der Waals surface area contributed by atoms with Gasteiger partial charge >= 0.3 is 0 Å². The quantitative estimate of drug-likeness (QED) is 0.342. The van der Waals surface area contributed by atoms with E-state index in [4.69, 9.17) is 0 Å². The Morgan fingerprint density at radius 2 is 1.57 bits per heavy atom. The molecule has 168 valence electrons. The highest BCUT2D eigenvalue weighted by atomic mass is 31.3. The van der Waals surface area contributed by atoms with Crippen LogP contribution in [0.4, 0.5) is 4.39 Å². The van der Waals surface area contributed by atoms with Gasteiger partial charge in [-0.2, -0.15) is 0 Å². The van der Waals surface area contributed by atoms with Crippen LogP contribution in [0.15, 0.2) is 53.6 Å². The summed E-state index contributed by atoms with van der Waals surface area (Å²) in [5.74, 6) is -0.413. The highest BCUT2D eigenvalue weighted by molar-refractivity contribution is 7.58. The maximum atomic E-state index is 13.2. The molecule has 0 aliphatic heterocycles. The third-order valence-corrected chi connectivity index (χ3v) is 6.04. The second kappa shape index (κ2) is 12.5. The van der Waals surface area contributed by atoms with E-state index in [1.807, 2.05) is 20.8 Å². The van der Waals surface area contributed by atoms with Crippen molar-refractivity contribution in [2.75, 3.05) is 6.61 Å². The van der Waals surface area contributed by atoms with Gasteiger partial charge in [0.25, 0.3) is 7.82 Å². The van der Waals surface area contributed by atoms with Gasteiger partial charge in [-0.15, -0.1) is 0 Å². The summed E-state index contributed by atoms with van der Waals surface area (Å²) in [5.41, 5.74) is 3.81. The normalized spacial score (nSPS) is 15.0. The molecule has 0 aliphatic rings. The van der Waals surface area contributed by atoms with E-state index in [0.29, 0.717) is 24.0 Å². The lowest BCUT2D eigenvalue weighted by Gasteiger charge is -2.34. The molecule has 1 rings (SSSR count). The third kappa shape index (κ3) is 12.4. The zero-order valence-corrected chi connectivity index (χ0v) is 19.0. The van der Waals surface area contributed by atoms with Gasteiger partial charge in [-0.25, -0.2) is 4.39 Å². The van der Waals surface area contributed by atoms with Crippen molar-refractivity contribution in [3.05, 3.63) is 65.0 Å². The van der Waals surface area contributed by atoms with Gasteiger partial charge in [-0.3, -0.25) is 8.88 Å². The average molecular weight is 459 g/mol. The van der Waals surface area contributed by atoms with Crippen molar-refractivity contribution in [2.24, 2.45) is 0 Å². The molecule has 0 amide bonds. The number of benzene rings is 1. The Morgan fingerprint density at radius 3 is 2.13 bits per heavy atom. The molecule has 0 saturated carbocycles. The topological polar surface area (TPSA) is 122 Å². The summed E-state index contributed by atoms with van der Waals surface area (Å²) in [6, 6.07) is 5.64. The summed E-state index contributed by atoms with van der Waals surface area (Å²) in [6.45, 7) is 5.58. The number of hydrogen-bond acceptors (Lipinski definition) is 7. The van der Waals surface area contributed by atoms with Crippen LogP contribution in [0.2, 0.25) is 0 Å². The first kappa shape index (κ1) is 26.7. The molecule has 1 aromatic carbocycles. The first-order valence-corrected chi connectivity index (χ1v) is 12.2. The number of hydrogen-bond donors (Lipinski definition) is 0. The first-order chi connectivity index (χ1) is 13.9. The number of phosphoric acid groups is 2. The fraction of sp³-hybridized carbons (Fsp3) is 0.400. The molecule has 0 heterocycles. The van der Waals surface area contributed by atoms with Crippen LogP contribution in [0.25, 0.3) is 5.57 Å². The van der Waals surface area contributed by atoms with E-state index in [1.165, 1.54) is 29.4 Å². The summed E-state index contributed by atoms with van der Waals surface area (Å²) in [5, 5.41) is 0. The molecule has 0 fully saturated rings. The minimum absolute atomic E-state index is 0.413. The van der Waals surface area contributed by atoms with Crippen LogP contribution < -0.4 is 14.7 Å². The van der Waals surface area contributed by atoms with Crippen LogP contribution >= 0.6 is 15.6 Å². The Hall–Kier alpha value is -1.37. The van der Waals surface area contributed by atoms with Crippen molar-refractivity contribution in [1.29, 1.82) is 0 Å². The second-order valence-corrected chi connectivity index (χ2v) is 9.62. The molecule has 0 radical (unpaired) electrons. The van der Waals surface area contributed by atoms with Gasteiger partial charge in [0, 0.05) is 0 Å². The SMILES string of the molecule is CC(C)=CCC/C(C)=C/CC/C(=C/COP(=O)([O-])OP(=O)([O-])[O-])c1ccc(F)cc1. The molecule has 10 heteroatoms. The lowest BCUT2D eigenvalue weighted by molar-refractivity contribution is -0.339. The van der Waals surface area contributed by atoms with E-state index >= 15 is 0 Å². The Labute approximate surface area is 176 Å². The molecule has 0 spiro atoms. The summed E-state index contributed by atoms with van der Waals surface area (Å²) < 4.78 is 42.9. The lowest BCUT2D eigenvalue weighted by atomic mass is 9.99. The van der Waals surface area contributed by atoms with Crippen molar-refractivity contribution in [3.63, 3.8) is 0 Å². The summed E-state index contributed by atoms with van der Waals surface area (Å²) >= 11 is 0. The smallest absolute Gasteiger partial charge is 0.272 e. The van der Waals surface area contributed by atoms with E-state index in [-0.39, 0.29) is 0 Å². The summed E-state index contributed by atoms with van der Waals surface area (Å²) in [6.07, 6.45) is 8.70. The molecule has 1 unspecified atom stereocenters. The molecule has 0 bridgehead atoms. The van der Waals surface area contributed by atoms with Crippen LogP contribution in [0, 0.1) is 5.82 Å². The van der Waals surface area contributed by atoms with Crippen molar-refractivity contribution in [3.8, 4) is 0 Å². The van der Waals surface area contributed by atoms with Gasteiger partial charge < -0.3 is 23.8 Å². The number of rotatable bonds is 12. The first-order valence-electron chi connectivity index (χ1n) is 9.31. The van der Waals surface area contributed by atoms with E-state index < -0.39 is 28.1 Å². The van der Waals surface area contributed by atoms with Crippen LogP contribution in [0.5, 0.6) is 0 Å². The van der Waals surface area contributed by atoms with E-state index in [0.717, 1.165) is 12.8 Å². The maximum absolute atomic E-state index is 13.2. The molecule has 1 aromatic rings. The Balaban J connectivity index is 2.82. The molecule has 7 nitrogen and oxygen atoms in total. The maximum Gasteiger partial charge on any atom is 0.272 e. The lowest BCUT2D eigenvalue weighted by Crippen LogP contribution is -2.19. The summed E-state index contributed by atoms with van der Waals surface area (Å²) in [4.78, 5) is 32.3. The van der Waals surface area contributed by atoms with Gasteiger partial charge in [-0.05, 0) is 69.7 Å². The molecule has 0 N–H and O–H groups in total. The molecular formula is C20H26FO7P2-3. The fourth-order valence-corrected chi connectivity index (χ4v) is 3.99. The van der Waals surface area contributed by atoms with Crippen molar-refractivity contribution >= 4 is 21.2 Å². The summed E-state index contributed by atoms with van der Waals surface area (Å²) in [7, 11) is -11.0. The zero-order chi connectivity index (χ0) is 22.8. The Morgan fingerprint density at radius 1 is 0.967 bits per heavy atom. The zero-order valence-electron chi connectivity index (χ0n) is 17.2. The number of phosphoric ester groups is 1. The molecule has 30 heavy (non-hydrogen) atoms. The van der Waals surface area contributed by atoms with Gasteiger partial charge in [0.2, 0.25) is 0 Å². The molecule has 1 atom stereocenters. The number of halogens is 1. The van der Waals surface area contributed by atoms with Gasteiger partial charge in [0.1, 0.15) is 5.82 Å². The minimum atomic E-state index is -5.73. The van der Waals surface area contributed by atoms with Gasteiger partial charge in [-0.1, -0.05) is 41.5 Å². The van der Waals surface area contributed by atoms with E-state index in [2.05, 4.69) is 21.0 Å². The predicted octanol–water partition coefficient (Wildman–Crippen LogP) is 4.01. The standard InChI is InChI=1S/C20H29FO7P2/c1-16(2)6-4-7-17(3)8-5-9-18(19-10-12-20(21)13-11-19)14-15-27-30(25,26)28-29(22,23)24/h6,8,10-14H,4-5,7,9,15H2,1-3H3,(H,25,26)(H2,22,23,24)/p-3/b17-8+,18-14-. The minimum Gasteiger partial charge on any atom is -0.790 e. The van der Waals surface area contributed by atoms with Crippen LogP contribution in [-0.4, -0.2) is 6.61 Å². The van der Waals surface area contributed by atoms with E-state index in [9.17, 15) is 28.2 Å². The second-order valence-electron chi connectivity index (χ2n) is 6.92. The Bertz CT molecular complexity index is 866. The largest absolute Gasteiger partial charge is 0.790 e. The van der Waals surface area contributed by atoms with Crippen molar-refractivity contribution < 1.29 is 37.0 Å². The van der Waals surface area contributed by atoms with Crippen molar-refractivity contribution in [1.82, 2.24) is 0 Å². The fourth-order valence-electron chi connectivity index (χ4n) is 2.57. The molecular weight excluding hydrogens is 433 g/mol. The van der Waals surface area contributed by atoms with Crippen molar-refractivity contribution in [2.45, 2.75) is 46.5 Å². The van der Waals surface area contributed by atoms with E-state index in [1.54, 1.807) is 12.1 Å².